The van der Waals surface area contributed by atoms with Crippen LogP contribution in [0.4, 0.5) is 4.39 Å². The van der Waals surface area contributed by atoms with E-state index >= 15 is 0 Å². The summed E-state index contributed by atoms with van der Waals surface area (Å²) in [4.78, 5) is 0. The van der Waals surface area contributed by atoms with Gasteiger partial charge in [-0.25, -0.2) is 4.39 Å². The highest BCUT2D eigenvalue weighted by Crippen LogP contribution is 2.39. The van der Waals surface area contributed by atoms with Gasteiger partial charge in [0.25, 0.3) is 0 Å². The first-order chi connectivity index (χ1) is 8.09. The van der Waals surface area contributed by atoms with Gasteiger partial charge in [0.05, 0.1) is 16.7 Å². The zero-order valence-electron chi connectivity index (χ0n) is 9.75. The number of rotatable bonds is 4. The summed E-state index contributed by atoms with van der Waals surface area (Å²) in [6, 6.07) is 4.65. The molecule has 1 atom stereocenters. The number of hydrogen-bond donors (Lipinski definition) is 1. The first kappa shape index (κ1) is 12.8. The van der Waals surface area contributed by atoms with Gasteiger partial charge in [0.2, 0.25) is 0 Å². The summed E-state index contributed by atoms with van der Waals surface area (Å²) in [6.07, 6.45) is 2.43. The van der Waals surface area contributed by atoms with Crippen LogP contribution in [-0.2, 0) is 11.2 Å². The largest absolute Gasteiger partial charge is 0.390 e. The van der Waals surface area contributed by atoms with Crippen molar-refractivity contribution in [3.8, 4) is 0 Å². The molecule has 2 nitrogen and oxygen atoms in total. The second-order valence-electron chi connectivity index (χ2n) is 4.56. The molecule has 0 saturated heterocycles. The van der Waals surface area contributed by atoms with Crippen molar-refractivity contribution >= 4 is 11.6 Å². The fraction of sp³-hybridized carbons (Fsp3) is 0.538. The third-order valence-corrected chi connectivity index (χ3v) is 4.08. The number of ether oxygens (including phenoxy) is 1. The van der Waals surface area contributed by atoms with E-state index in [0.717, 1.165) is 19.3 Å². The van der Waals surface area contributed by atoms with E-state index in [4.69, 9.17) is 16.3 Å². The molecule has 0 amide bonds. The molecule has 1 aromatic carbocycles. The Balaban J connectivity index is 2.13. The van der Waals surface area contributed by atoms with Gasteiger partial charge in [-0.15, -0.1) is 0 Å². The van der Waals surface area contributed by atoms with Crippen LogP contribution in [0.5, 0.6) is 0 Å². The molecule has 0 aromatic heterocycles. The molecule has 0 radical (unpaired) electrons. The lowest BCUT2D eigenvalue weighted by Gasteiger charge is -2.44. The standard InChI is InChI=1S/C13H16ClFO2/c1-17-13(6-3-7-13)11(16)8-9-4-2-5-10(15)12(9)14/h2,4-5,11,16H,3,6-8H2,1H3. The quantitative estimate of drug-likeness (QED) is 0.900. The lowest BCUT2D eigenvalue weighted by Crippen LogP contribution is -2.50. The summed E-state index contributed by atoms with van der Waals surface area (Å²) in [5, 5.41) is 10.3. The zero-order valence-corrected chi connectivity index (χ0v) is 10.5. The Morgan fingerprint density at radius 1 is 1.53 bits per heavy atom. The van der Waals surface area contributed by atoms with E-state index in [9.17, 15) is 9.50 Å². The molecule has 1 unspecified atom stereocenters. The van der Waals surface area contributed by atoms with Crippen LogP contribution in [0.2, 0.25) is 5.02 Å². The minimum Gasteiger partial charge on any atom is -0.390 e. The molecule has 94 valence electrons. The monoisotopic (exact) mass is 258 g/mol. The molecule has 1 aliphatic rings. The molecule has 0 spiro atoms. The van der Waals surface area contributed by atoms with Crippen molar-refractivity contribution in [2.45, 2.75) is 37.4 Å². The Morgan fingerprint density at radius 2 is 2.24 bits per heavy atom. The first-order valence-electron chi connectivity index (χ1n) is 5.75. The smallest absolute Gasteiger partial charge is 0.142 e. The number of benzene rings is 1. The molecular formula is C13H16ClFO2. The van der Waals surface area contributed by atoms with Gasteiger partial charge in [0.1, 0.15) is 5.82 Å². The molecule has 1 fully saturated rings. The van der Waals surface area contributed by atoms with Crippen molar-refractivity contribution in [2.24, 2.45) is 0 Å². The number of aliphatic hydroxyl groups is 1. The summed E-state index contributed by atoms with van der Waals surface area (Å²) in [5.74, 6) is -0.448. The first-order valence-corrected chi connectivity index (χ1v) is 6.13. The topological polar surface area (TPSA) is 29.5 Å². The highest BCUT2D eigenvalue weighted by atomic mass is 35.5. The number of methoxy groups -OCH3 is 1. The average Bonchev–Trinajstić information content (AvgIpc) is 2.24. The molecule has 1 saturated carbocycles. The van der Waals surface area contributed by atoms with E-state index < -0.39 is 17.5 Å². The van der Waals surface area contributed by atoms with Crippen LogP contribution < -0.4 is 0 Å². The lowest BCUT2D eigenvalue weighted by molar-refractivity contribution is -0.148. The molecule has 2 rings (SSSR count). The van der Waals surface area contributed by atoms with E-state index in [-0.39, 0.29) is 5.02 Å². The maximum Gasteiger partial charge on any atom is 0.142 e. The summed E-state index contributed by atoms with van der Waals surface area (Å²) in [5.41, 5.74) is 0.165. The van der Waals surface area contributed by atoms with Gasteiger partial charge in [0, 0.05) is 13.5 Å². The summed E-state index contributed by atoms with van der Waals surface area (Å²) in [6.45, 7) is 0. The van der Waals surface area contributed by atoms with Gasteiger partial charge in [-0.2, -0.15) is 0 Å². The van der Waals surface area contributed by atoms with E-state index in [0.29, 0.717) is 12.0 Å². The van der Waals surface area contributed by atoms with E-state index in [1.54, 1.807) is 19.2 Å². The van der Waals surface area contributed by atoms with Gasteiger partial charge < -0.3 is 9.84 Å². The third-order valence-electron chi connectivity index (χ3n) is 3.66. The summed E-state index contributed by atoms with van der Waals surface area (Å²) >= 11 is 5.86. The van der Waals surface area contributed by atoms with Crippen LogP contribution in [0, 0.1) is 5.82 Å². The predicted octanol–water partition coefficient (Wildman–Crippen LogP) is 2.95. The minimum atomic E-state index is -0.638. The van der Waals surface area contributed by atoms with Crippen LogP contribution in [0.25, 0.3) is 0 Å². The third kappa shape index (κ3) is 2.32. The predicted molar refractivity (Wildman–Crippen MR) is 64.7 cm³/mol. The molecule has 0 heterocycles. The van der Waals surface area contributed by atoms with Gasteiger partial charge in [-0.1, -0.05) is 23.7 Å². The Morgan fingerprint density at radius 3 is 2.76 bits per heavy atom. The number of hydrogen-bond acceptors (Lipinski definition) is 2. The Hall–Kier alpha value is -0.640. The van der Waals surface area contributed by atoms with Crippen molar-refractivity contribution in [1.29, 1.82) is 0 Å². The van der Waals surface area contributed by atoms with E-state index in [1.807, 2.05) is 0 Å². The van der Waals surface area contributed by atoms with Crippen molar-refractivity contribution in [1.82, 2.24) is 0 Å². The fourth-order valence-electron chi connectivity index (χ4n) is 2.30. The Kier molecular flexibility index (Phi) is 3.71. The number of aliphatic hydroxyl groups excluding tert-OH is 1. The minimum absolute atomic E-state index is 0.0946. The van der Waals surface area contributed by atoms with Crippen LogP contribution in [0.3, 0.4) is 0 Å². The van der Waals surface area contributed by atoms with Crippen molar-refractivity contribution < 1.29 is 14.2 Å². The Labute approximate surface area is 105 Å². The molecule has 17 heavy (non-hydrogen) atoms. The highest BCUT2D eigenvalue weighted by molar-refractivity contribution is 6.31. The van der Waals surface area contributed by atoms with Crippen molar-refractivity contribution in [3.05, 3.63) is 34.6 Å². The second kappa shape index (κ2) is 4.92. The van der Waals surface area contributed by atoms with Gasteiger partial charge in [-0.05, 0) is 30.9 Å². The average molecular weight is 259 g/mol. The number of halogens is 2. The van der Waals surface area contributed by atoms with Crippen molar-refractivity contribution in [2.75, 3.05) is 7.11 Å². The highest BCUT2D eigenvalue weighted by Gasteiger charge is 2.43. The van der Waals surface area contributed by atoms with Crippen LogP contribution in [-0.4, -0.2) is 23.9 Å². The molecule has 4 heteroatoms. The molecule has 0 bridgehead atoms. The molecule has 1 aromatic rings. The van der Waals surface area contributed by atoms with Crippen molar-refractivity contribution in [3.63, 3.8) is 0 Å². The molecule has 1 N–H and O–H groups in total. The van der Waals surface area contributed by atoms with Gasteiger partial charge >= 0.3 is 0 Å². The second-order valence-corrected chi connectivity index (χ2v) is 4.93. The molecule has 0 aliphatic heterocycles. The van der Waals surface area contributed by atoms with Crippen LogP contribution in [0.1, 0.15) is 24.8 Å². The van der Waals surface area contributed by atoms with Crippen LogP contribution >= 0.6 is 11.6 Å². The maximum absolute atomic E-state index is 13.3. The zero-order chi connectivity index (χ0) is 12.5. The maximum atomic E-state index is 13.3. The van der Waals surface area contributed by atoms with Gasteiger partial charge in [-0.3, -0.25) is 0 Å². The molecule has 1 aliphatic carbocycles. The SMILES string of the molecule is COC1(C(O)Cc2cccc(F)c2Cl)CCC1. The normalized spacial score (nSPS) is 19.8. The summed E-state index contributed by atoms with van der Waals surface area (Å²) in [7, 11) is 1.61. The van der Waals surface area contributed by atoms with E-state index in [2.05, 4.69) is 0 Å². The van der Waals surface area contributed by atoms with Gasteiger partial charge in [0.15, 0.2) is 0 Å². The fourth-order valence-corrected chi connectivity index (χ4v) is 2.50. The molecular weight excluding hydrogens is 243 g/mol. The lowest BCUT2D eigenvalue weighted by atomic mass is 9.74. The van der Waals surface area contributed by atoms with Crippen LogP contribution in [0.15, 0.2) is 18.2 Å². The van der Waals surface area contributed by atoms with E-state index in [1.165, 1.54) is 6.07 Å². The summed E-state index contributed by atoms with van der Waals surface area (Å²) < 4.78 is 18.7. The Bertz CT molecular complexity index is 399.